The Morgan fingerprint density at radius 1 is 1.38 bits per heavy atom. The van der Waals surface area contributed by atoms with E-state index in [1.165, 1.54) is 24.7 Å². The van der Waals surface area contributed by atoms with Gasteiger partial charge in [-0.15, -0.1) is 0 Å². The molecule has 1 aromatic heterocycles. The molecule has 2 aromatic rings. The lowest BCUT2D eigenvalue weighted by atomic mass is 10.1. The summed E-state index contributed by atoms with van der Waals surface area (Å²) < 4.78 is 1.19. The maximum absolute atomic E-state index is 12.1. The minimum Gasteiger partial charge on any atom is -0.320 e. The number of anilines is 1. The Labute approximate surface area is 119 Å². The maximum Gasteiger partial charge on any atom is 0.320 e. The van der Waals surface area contributed by atoms with Gasteiger partial charge in [-0.1, -0.05) is 12.1 Å². The minimum absolute atomic E-state index is 0.144. The number of nitro groups is 1. The highest BCUT2D eigenvalue weighted by Crippen LogP contribution is 2.18. The number of carbonyl (C=O) groups excluding carboxylic acids is 2. The molecule has 0 saturated carbocycles. The summed E-state index contributed by atoms with van der Waals surface area (Å²) in [7, 11) is 1.49. The van der Waals surface area contributed by atoms with Crippen LogP contribution in [-0.4, -0.2) is 26.4 Å². The molecule has 0 radical (unpaired) electrons. The summed E-state index contributed by atoms with van der Waals surface area (Å²) in [6.07, 6.45) is 1.15. The van der Waals surface area contributed by atoms with Gasteiger partial charge >= 0.3 is 5.69 Å². The Kier molecular flexibility index (Phi) is 3.79. The number of nitrogens with zero attached hydrogens (tertiary/aromatic N) is 3. The fraction of sp³-hybridized carbons (Fsp3) is 0.154. The van der Waals surface area contributed by atoms with E-state index in [9.17, 15) is 19.7 Å². The summed E-state index contributed by atoms with van der Waals surface area (Å²) in [5, 5.41) is 17.1. The lowest BCUT2D eigenvalue weighted by molar-refractivity contribution is -0.385. The van der Waals surface area contributed by atoms with Crippen LogP contribution in [0.5, 0.6) is 0 Å². The number of Topliss-reactive ketones (excluding diaryl/α,β-unsaturated/α-hetero) is 1. The largest absolute Gasteiger partial charge is 0.320 e. The molecular weight excluding hydrogens is 276 g/mol. The molecule has 108 valence electrons. The van der Waals surface area contributed by atoms with Gasteiger partial charge < -0.3 is 5.32 Å². The summed E-state index contributed by atoms with van der Waals surface area (Å²) >= 11 is 0. The van der Waals surface area contributed by atoms with Crippen molar-refractivity contribution in [2.24, 2.45) is 7.05 Å². The number of aryl methyl sites for hydroxylation is 1. The quantitative estimate of drug-likeness (QED) is 0.524. The third kappa shape index (κ3) is 3.11. The van der Waals surface area contributed by atoms with Crippen LogP contribution in [-0.2, 0) is 7.05 Å². The van der Waals surface area contributed by atoms with Crippen molar-refractivity contribution in [3.8, 4) is 0 Å². The van der Waals surface area contributed by atoms with Gasteiger partial charge in [0.2, 0.25) is 5.69 Å². The van der Waals surface area contributed by atoms with Gasteiger partial charge in [-0.3, -0.25) is 24.4 Å². The van der Waals surface area contributed by atoms with Crippen LogP contribution in [0.15, 0.2) is 30.5 Å². The van der Waals surface area contributed by atoms with Crippen LogP contribution in [0.4, 0.5) is 11.4 Å². The number of ketones is 1. The van der Waals surface area contributed by atoms with Gasteiger partial charge in [-0.2, -0.15) is 5.10 Å². The number of amides is 1. The monoisotopic (exact) mass is 288 g/mol. The first-order valence-electron chi connectivity index (χ1n) is 5.99. The Hall–Kier alpha value is -3.03. The normalized spacial score (nSPS) is 10.2. The van der Waals surface area contributed by atoms with Crippen molar-refractivity contribution in [2.45, 2.75) is 6.92 Å². The van der Waals surface area contributed by atoms with E-state index in [0.29, 0.717) is 11.3 Å². The number of carbonyl (C=O) groups is 2. The number of aromatic nitrogens is 2. The molecule has 1 N–H and O–H groups in total. The number of hydrogen-bond donors (Lipinski definition) is 1. The fourth-order valence-electron chi connectivity index (χ4n) is 1.78. The standard InChI is InChI=1S/C13H12N4O4/c1-8(18)9-4-3-5-10(6-9)14-13(19)12-11(17(20)21)7-16(2)15-12/h3-7H,1-2H3,(H,14,19). The molecule has 8 heteroatoms. The van der Waals surface area contributed by atoms with Crippen molar-refractivity contribution in [1.29, 1.82) is 0 Å². The SMILES string of the molecule is CC(=O)c1cccc(NC(=O)c2nn(C)cc2[N+](=O)[O-])c1. The van der Waals surface area contributed by atoms with Crippen molar-refractivity contribution >= 4 is 23.1 Å². The summed E-state index contributed by atoms with van der Waals surface area (Å²) in [5.74, 6) is -0.849. The van der Waals surface area contributed by atoms with Crippen LogP contribution in [0.25, 0.3) is 0 Å². The van der Waals surface area contributed by atoms with E-state index in [-0.39, 0.29) is 17.2 Å². The van der Waals surface area contributed by atoms with Crippen LogP contribution < -0.4 is 5.32 Å². The van der Waals surface area contributed by atoms with Gasteiger partial charge in [-0.25, -0.2) is 0 Å². The van der Waals surface area contributed by atoms with E-state index in [1.54, 1.807) is 18.2 Å². The first-order chi connectivity index (χ1) is 9.88. The van der Waals surface area contributed by atoms with Gasteiger partial charge in [-0.05, 0) is 19.1 Å². The highest BCUT2D eigenvalue weighted by Gasteiger charge is 2.24. The van der Waals surface area contributed by atoms with E-state index < -0.39 is 10.8 Å². The predicted molar refractivity (Wildman–Crippen MR) is 74.3 cm³/mol. The molecule has 0 bridgehead atoms. The molecule has 0 unspecified atom stereocenters. The zero-order valence-electron chi connectivity index (χ0n) is 11.4. The molecule has 0 spiro atoms. The van der Waals surface area contributed by atoms with Crippen LogP contribution in [0, 0.1) is 10.1 Å². The van der Waals surface area contributed by atoms with E-state index in [1.807, 2.05) is 0 Å². The van der Waals surface area contributed by atoms with Crippen LogP contribution in [0.1, 0.15) is 27.8 Å². The van der Waals surface area contributed by atoms with Crippen LogP contribution in [0.3, 0.4) is 0 Å². The van der Waals surface area contributed by atoms with Gasteiger partial charge in [0.15, 0.2) is 5.78 Å². The molecule has 0 aliphatic carbocycles. The molecule has 21 heavy (non-hydrogen) atoms. The molecule has 0 fully saturated rings. The van der Waals surface area contributed by atoms with E-state index in [4.69, 9.17) is 0 Å². The Bertz CT molecular complexity index is 736. The Balaban J connectivity index is 2.28. The highest BCUT2D eigenvalue weighted by atomic mass is 16.6. The van der Waals surface area contributed by atoms with E-state index >= 15 is 0 Å². The number of rotatable bonds is 4. The van der Waals surface area contributed by atoms with Gasteiger partial charge in [0.25, 0.3) is 5.91 Å². The fourth-order valence-corrected chi connectivity index (χ4v) is 1.78. The highest BCUT2D eigenvalue weighted by molar-refractivity contribution is 6.06. The second kappa shape index (κ2) is 5.53. The van der Waals surface area contributed by atoms with Crippen LogP contribution in [0.2, 0.25) is 0 Å². The molecule has 1 heterocycles. The summed E-state index contributed by atoms with van der Waals surface area (Å²) in [6, 6.07) is 6.30. The summed E-state index contributed by atoms with van der Waals surface area (Å²) in [5.41, 5.74) is 0.143. The third-order valence-electron chi connectivity index (χ3n) is 2.75. The predicted octanol–water partition coefficient (Wildman–Crippen LogP) is 1.78. The van der Waals surface area contributed by atoms with Gasteiger partial charge in [0.1, 0.15) is 6.20 Å². The number of nitrogens with one attached hydrogen (secondary N) is 1. The van der Waals surface area contributed by atoms with Crippen molar-refractivity contribution in [1.82, 2.24) is 9.78 Å². The lowest BCUT2D eigenvalue weighted by Gasteiger charge is -2.04. The molecule has 1 amide bonds. The van der Waals surface area contributed by atoms with E-state index in [2.05, 4.69) is 10.4 Å². The number of hydrogen-bond acceptors (Lipinski definition) is 5. The first-order valence-corrected chi connectivity index (χ1v) is 5.99. The molecule has 1 aromatic carbocycles. The second-order valence-electron chi connectivity index (χ2n) is 4.38. The first kappa shape index (κ1) is 14.4. The molecule has 0 saturated heterocycles. The zero-order chi connectivity index (χ0) is 15.6. The Morgan fingerprint density at radius 2 is 2.10 bits per heavy atom. The maximum atomic E-state index is 12.1. The van der Waals surface area contributed by atoms with Crippen molar-refractivity contribution in [2.75, 3.05) is 5.32 Å². The number of benzene rings is 1. The smallest absolute Gasteiger partial charge is 0.320 e. The van der Waals surface area contributed by atoms with E-state index in [0.717, 1.165) is 6.20 Å². The summed E-state index contributed by atoms with van der Waals surface area (Å²) in [4.78, 5) is 33.5. The minimum atomic E-state index is -0.706. The average Bonchev–Trinajstić information content (AvgIpc) is 2.81. The van der Waals surface area contributed by atoms with Gasteiger partial charge in [0, 0.05) is 18.3 Å². The molecule has 2 rings (SSSR count). The molecule has 0 aliphatic rings. The van der Waals surface area contributed by atoms with Crippen molar-refractivity contribution < 1.29 is 14.5 Å². The molecule has 0 atom stereocenters. The van der Waals surface area contributed by atoms with Crippen LogP contribution >= 0.6 is 0 Å². The second-order valence-corrected chi connectivity index (χ2v) is 4.38. The van der Waals surface area contributed by atoms with Gasteiger partial charge in [0.05, 0.1) is 4.92 Å². The zero-order valence-corrected chi connectivity index (χ0v) is 11.4. The summed E-state index contributed by atoms with van der Waals surface area (Å²) in [6.45, 7) is 1.41. The van der Waals surface area contributed by atoms with Crippen molar-refractivity contribution in [3.05, 3.63) is 51.8 Å². The Morgan fingerprint density at radius 3 is 2.71 bits per heavy atom. The van der Waals surface area contributed by atoms with Crippen molar-refractivity contribution in [3.63, 3.8) is 0 Å². The third-order valence-corrected chi connectivity index (χ3v) is 2.75. The topological polar surface area (TPSA) is 107 Å². The lowest BCUT2D eigenvalue weighted by Crippen LogP contribution is -2.14. The molecule has 0 aliphatic heterocycles. The molecule has 8 nitrogen and oxygen atoms in total. The average molecular weight is 288 g/mol. The molecular formula is C13H12N4O4.